The van der Waals surface area contributed by atoms with Crippen molar-refractivity contribution in [3.05, 3.63) is 107 Å². The zero-order chi connectivity index (χ0) is 20.6. The second kappa shape index (κ2) is 10.6. The van der Waals surface area contributed by atoms with Gasteiger partial charge in [0, 0.05) is 19.6 Å². The van der Waals surface area contributed by atoms with Crippen molar-refractivity contribution in [1.82, 2.24) is 4.90 Å². The van der Waals surface area contributed by atoms with Crippen molar-refractivity contribution in [2.75, 3.05) is 20.2 Å². The van der Waals surface area contributed by atoms with E-state index in [1.165, 1.54) is 41.5 Å². The van der Waals surface area contributed by atoms with E-state index in [4.69, 9.17) is 4.74 Å². The summed E-state index contributed by atoms with van der Waals surface area (Å²) in [5.74, 6) is 0.392. The Morgan fingerprint density at radius 3 is 2.33 bits per heavy atom. The quantitative estimate of drug-likeness (QED) is 0.407. The Hall–Kier alpha value is -2.42. The average Bonchev–Trinajstić information content (AvgIpc) is 2.98. The summed E-state index contributed by atoms with van der Waals surface area (Å²) in [6.07, 6.45) is 4.90. The number of hydrogen-bond acceptors (Lipinski definition) is 2. The summed E-state index contributed by atoms with van der Waals surface area (Å²) in [5.41, 5.74) is 5.64. The number of hydrogen-bond donors (Lipinski definition) is 0. The fourth-order valence-electron chi connectivity index (χ4n) is 4.83. The number of aryl methyl sites for hydroxylation is 1. The van der Waals surface area contributed by atoms with Crippen molar-refractivity contribution in [2.45, 2.75) is 44.2 Å². The van der Waals surface area contributed by atoms with Gasteiger partial charge in [-0.25, -0.2) is 0 Å². The van der Waals surface area contributed by atoms with Gasteiger partial charge in [0.1, 0.15) is 0 Å². The predicted molar refractivity (Wildman–Crippen MR) is 125 cm³/mol. The lowest BCUT2D eigenvalue weighted by molar-refractivity contribution is 0.0735. The molecule has 0 N–H and O–H groups in total. The number of fused-ring (bicyclic) bond motifs is 1. The monoisotopic (exact) mass is 399 g/mol. The van der Waals surface area contributed by atoms with Gasteiger partial charge in [-0.3, -0.25) is 4.90 Å². The third-order valence-electron chi connectivity index (χ3n) is 6.38. The van der Waals surface area contributed by atoms with Gasteiger partial charge in [-0.1, -0.05) is 84.9 Å². The Morgan fingerprint density at radius 2 is 1.57 bits per heavy atom. The second-order valence-electron chi connectivity index (χ2n) is 8.38. The molecule has 0 saturated carbocycles. The minimum Gasteiger partial charge on any atom is -0.376 e. The van der Waals surface area contributed by atoms with E-state index < -0.39 is 0 Å². The summed E-state index contributed by atoms with van der Waals surface area (Å²) in [7, 11) is 1.85. The van der Waals surface area contributed by atoms with Crippen LogP contribution in [0.15, 0.2) is 84.9 Å². The van der Waals surface area contributed by atoms with Gasteiger partial charge in [0.15, 0.2) is 0 Å². The van der Waals surface area contributed by atoms with Gasteiger partial charge in [-0.05, 0) is 61.0 Å². The summed E-state index contributed by atoms with van der Waals surface area (Å²) in [5, 5.41) is 0. The number of methoxy groups -OCH3 is 1. The molecule has 0 radical (unpaired) electrons. The predicted octanol–water partition coefficient (Wildman–Crippen LogP) is 6.39. The van der Waals surface area contributed by atoms with Crippen LogP contribution < -0.4 is 0 Å². The van der Waals surface area contributed by atoms with Crippen LogP contribution in [0, 0.1) is 0 Å². The maximum atomic E-state index is 6.05. The van der Waals surface area contributed by atoms with E-state index in [9.17, 15) is 0 Å². The van der Waals surface area contributed by atoms with Gasteiger partial charge in [0.25, 0.3) is 0 Å². The van der Waals surface area contributed by atoms with E-state index >= 15 is 0 Å². The van der Waals surface area contributed by atoms with E-state index in [2.05, 4.69) is 89.8 Å². The number of nitrogens with zero attached hydrogens (tertiary/aromatic N) is 1. The number of rotatable bonds is 8. The molecule has 1 aliphatic heterocycles. The van der Waals surface area contributed by atoms with Crippen LogP contribution in [0.1, 0.15) is 53.5 Å². The molecule has 3 aromatic rings. The Balaban J connectivity index is 1.43. The zero-order valence-electron chi connectivity index (χ0n) is 18.0. The molecule has 2 heteroatoms. The topological polar surface area (TPSA) is 12.5 Å². The summed E-state index contributed by atoms with van der Waals surface area (Å²) in [6, 6.07) is 30.5. The van der Waals surface area contributed by atoms with Crippen LogP contribution in [-0.4, -0.2) is 25.1 Å². The molecular formula is C28H33NO. The summed E-state index contributed by atoms with van der Waals surface area (Å²) in [4.78, 5) is 2.64. The zero-order valence-corrected chi connectivity index (χ0v) is 18.0. The minimum absolute atomic E-state index is 0.102. The first-order valence-corrected chi connectivity index (χ1v) is 11.3. The Morgan fingerprint density at radius 1 is 0.867 bits per heavy atom. The van der Waals surface area contributed by atoms with E-state index in [1.54, 1.807) is 0 Å². The molecule has 0 bridgehead atoms. The summed E-state index contributed by atoms with van der Waals surface area (Å²) in [6.45, 7) is 3.33. The fourth-order valence-corrected chi connectivity index (χ4v) is 4.83. The van der Waals surface area contributed by atoms with Crippen molar-refractivity contribution >= 4 is 0 Å². The number of ether oxygens (including phenoxy) is 1. The molecule has 0 fully saturated rings. The summed E-state index contributed by atoms with van der Waals surface area (Å²) >= 11 is 0. The van der Waals surface area contributed by atoms with Crippen LogP contribution in [-0.2, 0) is 17.7 Å². The largest absolute Gasteiger partial charge is 0.376 e. The molecule has 4 rings (SSSR count). The molecule has 3 aromatic carbocycles. The van der Waals surface area contributed by atoms with Crippen LogP contribution in [0.25, 0.3) is 0 Å². The molecule has 156 valence electrons. The lowest BCUT2D eigenvalue weighted by Crippen LogP contribution is -2.25. The van der Waals surface area contributed by atoms with E-state index in [0.717, 1.165) is 26.1 Å². The first-order chi connectivity index (χ1) is 14.8. The standard InChI is InChI=1S/C28H33NO/c1-30-28(24-15-6-3-7-16-24)27-19-21-29(22-25-17-8-9-18-26(25)27)20-11-10-14-23-12-4-2-5-13-23/h2-9,12-13,15-18,27-28H,10-11,14,19-22H2,1H3/t27-,28-/m0/s1. The highest BCUT2D eigenvalue weighted by atomic mass is 16.5. The highest BCUT2D eigenvalue weighted by Crippen LogP contribution is 2.40. The van der Waals surface area contributed by atoms with Gasteiger partial charge >= 0.3 is 0 Å². The molecule has 0 amide bonds. The van der Waals surface area contributed by atoms with Crippen molar-refractivity contribution in [3.63, 3.8) is 0 Å². The fraction of sp³-hybridized carbons (Fsp3) is 0.357. The molecule has 1 heterocycles. The van der Waals surface area contributed by atoms with Gasteiger partial charge in [-0.15, -0.1) is 0 Å². The van der Waals surface area contributed by atoms with Gasteiger partial charge < -0.3 is 4.74 Å². The van der Waals surface area contributed by atoms with Crippen molar-refractivity contribution < 1.29 is 4.74 Å². The molecule has 0 aliphatic carbocycles. The first-order valence-electron chi connectivity index (χ1n) is 11.3. The Kier molecular flexibility index (Phi) is 7.34. The van der Waals surface area contributed by atoms with Crippen molar-refractivity contribution in [2.24, 2.45) is 0 Å². The molecule has 2 nitrogen and oxygen atoms in total. The van der Waals surface area contributed by atoms with Gasteiger partial charge in [-0.2, -0.15) is 0 Å². The van der Waals surface area contributed by atoms with Crippen LogP contribution >= 0.6 is 0 Å². The molecule has 0 aromatic heterocycles. The molecule has 0 unspecified atom stereocenters. The van der Waals surface area contributed by atoms with Crippen LogP contribution in [0.5, 0.6) is 0 Å². The number of benzene rings is 3. The summed E-state index contributed by atoms with van der Waals surface area (Å²) < 4.78 is 6.05. The SMILES string of the molecule is CO[C@@H](c1ccccc1)[C@H]1CCN(CCCCc2ccccc2)Cc2ccccc21. The number of unbranched alkanes of at least 4 members (excludes halogenated alkanes) is 1. The molecule has 1 aliphatic rings. The first kappa shape index (κ1) is 20.8. The Labute approximate surface area is 181 Å². The third kappa shape index (κ3) is 5.19. The van der Waals surface area contributed by atoms with E-state index in [1.807, 2.05) is 7.11 Å². The minimum atomic E-state index is 0.102. The molecule has 0 saturated heterocycles. The third-order valence-corrected chi connectivity index (χ3v) is 6.38. The van der Waals surface area contributed by atoms with Crippen LogP contribution in [0.2, 0.25) is 0 Å². The molecule has 30 heavy (non-hydrogen) atoms. The Bertz CT molecular complexity index is 893. The van der Waals surface area contributed by atoms with E-state index in [0.29, 0.717) is 5.92 Å². The molecule has 0 spiro atoms. The second-order valence-corrected chi connectivity index (χ2v) is 8.38. The van der Waals surface area contributed by atoms with Crippen molar-refractivity contribution in [1.29, 1.82) is 0 Å². The van der Waals surface area contributed by atoms with Crippen molar-refractivity contribution in [3.8, 4) is 0 Å². The lowest BCUT2D eigenvalue weighted by Gasteiger charge is -2.27. The molecule has 2 atom stereocenters. The van der Waals surface area contributed by atoms with Gasteiger partial charge in [0.2, 0.25) is 0 Å². The van der Waals surface area contributed by atoms with E-state index in [-0.39, 0.29) is 6.10 Å². The maximum Gasteiger partial charge on any atom is 0.0890 e. The highest BCUT2D eigenvalue weighted by Gasteiger charge is 2.29. The maximum absolute atomic E-state index is 6.05. The highest BCUT2D eigenvalue weighted by molar-refractivity contribution is 5.34. The van der Waals surface area contributed by atoms with Crippen LogP contribution in [0.3, 0.4) is 0 Å². The average molecular weight is 400 g/mol. The molecular weight excluding hydrogens is 366 g/mol. The van der Waals surface area contributed by atoms with Crippen LogP contribution in [0.4, 0.5) is 0 Å². The smallest absolute Gasteiger partial charge is 0.0890 e. The normalized spacial score (nSPS) is 17.8. The van der Waals surface area contributed by atoms with Gasteiger partial charge in [0.05, 0.1) is 6.10 Å². The lowest BCUT2D eigenvalue weighted by atomic mass is 9.85.